The molecule has 4 rings (SSSR count). The maximum atomic E-state index is 2.27. The first-order valence-corrected chi connectivity index (χ1v) is 11.6. The standard InChI is InChI=1S/2C16H19.Fe/c2*1-10-8-13(4)16(14(5)9-10)15-11(2)6-7-12(15)3;/h2*6-9H,1-5H3;/q2*-1;. The Kier molecular flexibility index (Phi) is 8.75. The zero-order valence-corrected chi connectivity index (χ0v) is 23.1. The molecule has 0 heterocycles. The van der Waals surface area contributed by atoms with Crippen molar-refractivity contribution >= 4 is 0 Å². The molecule has 4 aromatic rings. The van der Waals surface area contributed by atoms with Gasteiger partial charge in [-0.2, -0.15) is 35.4 Å². The van der Waals surface area contributed by atoms with E-state index in [0.717, 1.165) is 0 Å². The van der Waals surface area contributed by atoms with Crippen molar-refractivity contribution in [2.24, 2.45) is 0 Å². The fourth-order valence-corrected chi connectivity index (χ4v) is 5.39. The number of hydrogen-bond acceptors (Lipinski definition) is 0. The SMILES string of the molecule is Cc1cc(C)c(-c2c(C)cc[c-]2C)c(C)c1.Cc1cc(C)c(-c2c(C)cc[c-]2C)c(C)c1.[Fe]. The van der Waals surface area contributed by atoms with Crippen LogP contribution in [0.4, 0.5) is 0 Å². The van der Waals surface area contributed by atoms with E-state index in [1.165, 1.54) is 77.9 Å². The van der Waals surface area contributed by atoms with Crippen molar-refractivity contribution < 1.29 is 17.1 Å². The number of aryl methyl sites for hydroxylation is 10. The molecule has 0 bridgehead atoms. The average Bonchev–Trinajstić information content (AvgIpc) is 3.17. The van der Waals surface area contributed by atoms with Gasteiger partial charge in [0.1, 0.15) is 0 Å². The largest absolute Gasteiger partial charge is 0.172 e. The minimum Gasteiger partial charge on any atom is -0.172 e. The molecule has 0 aromatic heterocycles. The molecule has 1 heteroatoms. The van der Waals surface area contributed by atoms with Gasteiger partial charge in [-0.05, 0) is 41.5 Å². The Morgan fingerprint density at radius 1 is 0.455 bits per heavy atom. The molecular weight excluding hydrogens is 440 g/mol. The molecule has 0 nitrogen and oxygen atoms in total. The van der Waals surface area contributed by atoms with Crippen molar-refractivity contribution in [1.29, 1.82) is 0 Å². The number of rotatable bonds is 2. The molecule has 0 radical (unpaired) electrons. The Hall–Kier alpha value is -2.34. The van der Waals surface area contributed by atoms with E-state index in [0.29, 0.717) is 0 Å². The Bertz CT molecular complexity index is 1080. The van der Waals surface area contributed by atoms with E-state index in [-0.39, 0.29) is 17.1 Å². The van der Waals surface area contributed by atoms with Gasteiger partial charge in [0.15, 0.2) is 0 Å². The van der Waals surface area contributed by atoms with Gasteiger partial charge in [0.2, 0.25) is 0 Å². The normalized spacial score (nSPS) is 10.5. The summed E-state index contributed by atoms with van der Waals surface area (Å²) >= 11 is 0. The summed E-state index contributed by atoms with van der Waals surface area (Å²) in [5, 5.41) is 0. The predicted molar refractivity (Wildman–Crippen MR) is 142 cm³/mol. The molecule has 0 unspecified atom stereocenters. The van der Waals surface area contributed by atoms with Gasteiger partial charge in [0, 0.05) is 17.1 Å². The van der Waals surface area contributed by atoms with E-state index in [1.807, 2.05) is 0 Å². The minimum atomic E-state index is 0. The molecule has 0 aliphatic rings. The summed E-state index contributed by atoms with van der Waals surface area (Å²) in [5.41, 5.74) is 19.5. The first kappa shape index (κ1) is 26.9. The fourth-order valence-electron chi connectivity index (χ4n) is 5.39. The van der Waals surface area contributed by atoms with Crippen LogP contribution in [0.5, 0.6) is 0 Å². The van der Waals surface area contributed by atoms with E-state index in [1.54, 1.807) is 0 Å². The smallest absolute Gasteiger partial charge is 0 e. The van der Waals surface area contributed by atoms with Gasteiger partial charge in [0.25, 0.3) is 0 Å². The Labute approximate surface area is 212 Å². The third-order valence-electron chi connectivity index (χ3n) is 6.60. The second-order valence-corrected chi connectivity index (χ2v) is 9.70. The van der Waals surface area contributed by atoms with Crippen LogP contribution in [0.2, 0.25) is 0 Å². The molecule has 0 aliphatic heterocycles. The van der Waals surface area contributed by atoms with Crippen molar-refractivity contribution in [2.75, 3.05) is 0 Å². The molecule has 4 aromatic carbocycles. The molecule has 0 atom stereocenters. The van der Waals surface area contributed by atoms with Crippen molar-refractivity contribution in [3.05, 3.63) is 104 Å². The van der Waals surface area contributed by atoms with E-state index in [9.17, 15) is 0 Å². The fraction of sp³-hybridized carbons (Fsp3) is 0.312. The Morgan fingerprint density at radius 2 is 0.727 bits per heavy atom. The summed E-state index contributed by atoms with van der Waals surface area (Å²) in [5.74, 6) is 0. The van der Waals surface area contributed by atoms with Crippen LogP contribution < -0.4 is 0 Å². The second-order valence-electron chi connectivity index (χ2n) is 9.70. The molecule has 0 aliphatic carbocycles. The summed E-state index contributed by atoms with van der Waals surface area (Å²) in [4.78, 5) is 0. The third-order valence-corrected chi connectivity index (χ3v) is 6.60. The van der Waals surface area contributed by atoms with Crippen LogP contribution in [0.25, 0.3) is 22.3 Å². The zero-order chi connectivity index (χ0) is 23.7. The Balaban J connectivity index is 0.000000227. The number of hydrogen-bond donors (Lipinski definition) is 0. The van der Waals surface area contributed by atoms with Crippen molar-refractivity contribution in [2.45, 2.75) is 69.2 Å². The van der Waals surface area contributed by atoms with E-state index < -0.39 is 0 Å². The van der Waals surface area contributed by atoms with Crippen molar-refractivity contribution in [3.63, 3.8) is 0 Å². The van der Waals surface area contributed by atoms with Gasteiger partial charge < -0.3 is 0 Å². The first-order valence-electron chi connectivity index (χ1n) is 11.6. The van der Waals surface area contributed by atoms with Crippen LogP contribution in [0.15, 0.2) is 48.5 Å². The van der Waals surface area contributed by atoms with Gasteiger partial charge >= 0.3 is 0 Å². The van der Waals surface area contributed by atoms with Crippen LogP contribution in [-0.2, 0) is 17.1 Å². The molecular formula is C32H38Fe-2. The van der Waals surface area contributed by atoms with Crippen molar-refractivity contribution in [3.8, 4) is 22.3 Å². The monoisotopic (exact) mass is 478 g/mol. The second kappa shape index (κ2) is 10.7. The predicted octanol–water partition coefficient (Wildman–Crippen LogP) is 9.23. The Morgan fingerprint density at radius 3 is 0.939 bits per heavy atom. The van der Waals surface area contributed by atoms with E-state index in [2.05, 4.69) is 118 Å². The first-order chi connectivity index (χ1) is 15.0. The van der Waals surface area contributed by atoms with Crippen LogP contribution >= 0.6 is 0 Å². The molecule has 0 saturated carbocycles. The van der Waals surface area contributed by atoms with Gasteiger partial charge in [-0.1, -0.05) is 96.5 Å². The average molecular weight is 479 g/mol. The van der Waals surface area contributed by atoms with Gasteiger partial charge in [0.05, 0.1) is 0 Å². The molecule has 176 valence electrons. The van der Waals surface area contributed by atoms with E-state index in [4.69, 9.17) is 0 Å². The van der Waals surface area contributed by atoms with Crippen molar-refractivity contribution in [1.82, 2.24) is 0 Å². The number of benzene rings is 2. The van der Waals surface area contributed by atoms with E-state index >= 15 is 0 Å². The molecule has 33 heavy (non-hydrogen) atoms. The van der Waals surface area contributed by atoms with Gasteiger partial charge in [-0.15, -0.1) is 22.3 Å². The molecule has 0 fully saturated rings. The summed E-state index contributed by atoms with van der Waals surface area (Å²) in [6, 6.07) is 17.9. The summed E-state index contributed by atoms with van der Waals surface area (Å²) in [7, 11) is 0. The van der Waals surface area contributed by atoms with Crippen LogP contribution in [0.1, 0.15) is 55.6 Å². The molecule has 0 saturated heterocycles. The molecule has 0 spiro atoms. The molecule has 0 N–H and O–H groups in total. The minimum absolute atomic E-state index is 0. The summed E-state index contributed by atoms with van der Waals surface area (Å²) in [6.07, 6.45) is 0. The topological polar surface area (TPSA) is 0 Å². The van der Waals surface area contributed by atoms with Gasteiger partial charge in [-0.25, -0.2) is 0 Å². The van der Waals surface area contributed by atoms with Crippen LogP contribution in [-0.4, -0.2) is 0 Å². The maximum Gasteiger partial charge on any atom is 0 e. The van der Waals surface area contributed by atoms with Crippen LogP contribution in [0.3, 0.4) is 0 Å². The third kappa shape index (κ3) is 5.60. The zero-order valence-electron chi connectivity index (χ0n) is 22.0. The molecule has 0 amide bonds. The summed E-state index contributed by atoms with van der Waals surface area (Å²) < 4.78 is 0. The quantitative estimate of drug-likeness (QED) is 0.199. The maximum absolute atomic E-state index is 2.27. The van der Waals surface area contributed by atoms with Gasteiger partial charge in [-0.3, -0.25) is 0 Å². The van der Waals surface area contributed by atoms with Crippen LogP contribution in [0, 0.1) is 69.2 Å². The summed E-state index contributed by atoms with van der Waals surface area (Å²) in [6.45, 7) is 21.9.